The first-order chi connectivity index (χ1) is 10.4. The molecule has 0 spiro atoms. The summed E-state index contributed by atoms with van der Waals surface area (Å²) in [5, 5.41) is 0. The summed E-state index contributed by atoms with van der Waals surface area (Å²) in [4.78, 5) is 12.4. The topological polar surface area (TPSA) is 67.9 Å². The quantitative estimate of drug-likeness (QED) is 0.924. The normalized spacial score (nSPS) is 18.7. The van der Waals surface area contributed by atoms with Gasteiger partial charge in [-0.25, -0.2) is 0 Å². The zero-order chi connectivity index (χ0) is 15.7. The van der Waals surface area contributed by atoms with Gasteiger partial charge in [0.05, 0.1) is 6.04 Å². The molecule has 1 aromatic carbocycles. The summed E-state index contributed by atoms with van der Waals surface area (Å²) < 4.78 is 38.5. The number of nitrogens with two attached hydrogens (primary N) is 1. The van der Waals surface area contributed by atoms with Crippen LogP contribution in [0.2, 0.25) is 0 Å². The summed E-state index contributed by atoms with van der Waals surface area (Å²) in [6, 6.07) is 9.52. The van der Waals surface area contributed by atoms with E-state index in [1.807, 2.05) is 30.3 Å². The lowest BCUT2D eigenvalue weighted by Crippen LogP contribution is -2.27. The number of halogens is 3. The van der Waals surface area contributed by atoms with E-state index in [1.165, 1.54) is 0 Å². The number of rotatable bonds is 2. The molecule has 1 aliphatic rings. The van der Waals surface area contributed by atoms with Crippen LogP contribution < -0.4 is 10.6 Å². The van der Waals surface area contributed by atoms with Crippen LogP contribution in [0.4, 0.5) is 25.1 Å². The van der Waals surface area contributed by atoms with E-state index in [1.54, 1.807) is 4.90 Å². The predicted octanol–water partition coefficient (Wildman–Crippen LogP) is 2.81. The molecule has 0 radical (unpaired) electrons. The van der Waals surface area contributed by atoms with Crippen LogP contribution in [0.15, 0.2) is 30.3 Å². The summed E-state index contributed by atoms with van der Waals surface area (Å²) in [5.41, 5.74) is 6.44. The first-order valence-electron chi connectivity index (χ1n) is 6.85. The Morgan fingerprint density at radius 1 is 1.09 bits per heavy atom. The van der Waals surface area contributed by atoms with Crippen molar-refractivity contribution >= 4 is 11.9 Å². The second-order valence-corrected chi connectivity index (χ2v) is 5.08. The van der Waals surface area contributed by atoms with E-state index in [2.05, 4.69) is 15.0 Å². The van der Waals surface area contributed by atoms with Crippen molar-refractivity contribution in [2.75, 3.05) is 17.2 Å². The maximum absolute atomic E-state index is 12.8. The first kappa shape index (κ1) is 14.6. The summed E-state index contributed by atoms with van der Waals surface area (Å²) in [6.07, 6.45) is -2.96. The van der Waals surface area contributed by atoms with Gasteiger partial charge in [-0.3, -0.25) is 0 Å². The SMILES string of the molecule is Nc1nc(N2CCC[C@H]2c2ccccc2)nc(C(F)(F)F)n1. The van der Waals surface area contributed by atoms with E-state index < -0.39 is 17.9 Å². The lowest BCUT2D eigenvalue weighted by molar-refractivity contribution is -0.144. The van der Waals surface area contributed by atoms with Gasteiger partial charge in [0.1, 0.15) is 0 Å². The standard InChI is InChI=1S/C14H14F3N5/c15-14(16,17)11-19-12(18)21-13(20-11)22-8-4-7-10(22)9-5-2-1-3-6-9/h1-3,5-6,10H,4,7-8H2,(H2,18,19,20,21)/t10-/m0/s1. The van der Waals surface area contributed by atoms with Crippen LogP contribution in [-0.2, 0) is 6.18 Å². The van der Waals surface area contributed by atoms with Crippen LogP contribution in [-0.4, -0.2) is 21.5 Å². The Kier molecular flexibility index (Phi) is 3.59. The van der Waals surface area contributed by atoms with Gasteiger partial charge in [0.25, 0.3) is 0 Å². The molecule has 3 rings (SSSR count). The highest BCUT2D eigenvalue weighted by atomic mass is 19.4. The number of hydrogen-bond donors (Lipinski definition) is 1. The van der Waals surface area contributed by atoms with Crippen molar-refractivity contribution in [2.45, 2.75) is 25.1 Å². The lowest BCUT2D eigenvalue weighted by Gasteiger charge is -2.25. The number of nitrogen functional groups attached to an aromatic ring is 1. The van der Waals surface area contributed by atoms with Gasteiger partial charge in [0.15, 0.2) is 0 Å². The van der Waals surface area contributed by atoms with Crippen molar-refractivity contribution in [3.8, 4) is 0 Å². The molecular weight excluding hydrogens is 295 g/mol. The maximum atomic E-state index is 12.8. The largest absolute Gasteiger partial charge is 0.451 e. The molecule has 2 aromatic rings. The second kappa shape index (κ2) is 5.43. The third kappa shape index (κ3) is 2.81. The number of benzene rings is 1. The molecule has 22 heavy (non-hydrogen) atoms. The van der Waals surface area contributed by atoms with Gasteiger partial charge in [0, 0.05) is 6.54 Å². The van der Waals surface area contributed by atoms with Crippen LogP contribution in [0.3, 0.4) is 0 Å². The fourth-order valence-electron chi connectivity index (χ4n) is 2.66. The van der Waals surface area contributed by atoms with E-state index >= 15 is 0 Å². The number of nitrogens with zero attached hydrogens (tertiary/aromatic N) is 4. The minimum Gasteiger partial charge on any atom is -0.368 e. The molecule has 1 atom stereocenters. The van der Waals surface area contributed by atoms with E-state index in [9.17, 15) is 13.2 Å². The highest BCUT2D eigenvalue weighted by molar-refractivity contribution is 5.41. The molecule has 0 saturated carbocycles. The van der Waals surface area contributed by atoms with E-state index in [0.29, 0.717) is 6.54 Å². The number of alkyl halides is 3. The molecule has 1 fully saturated rings. The Bertz CT molecular complexity index is 659. The van der Waals surface area contributed by atoms with E-state index in [0.717, 1.165) is 18.4 Å². The lowest BCUT2D eigenvalue weighted by atomic mass is 10.1. The fraction of sp³-hybridized carbons (Fsp3) is 0.357. The molecule has 2 heterocycles. The van der Waals surface area contributed by atoms with Crippen molar-refractivity contribution in [3.63, 3.8) is 0 Å². The molecule has 0 unspecified atom stereocenters. The van der Waals surface area contributed by atoms with Crippen LogP contribution in [0.25, 0.3) is 0 Å². The summed E-state index contributed by atoms with van der Waals surface area (Å²) in [6.45, 7) is 0.584. The van der Waals surface area contributed by atoms with Crippen molar-refractivity contribution in [1.29, 1.82) is 0 Å². The molecule has 116 valence electrons. The molecule has 2 N–H and O–H groups in total. The van der Waals surface area contributed by atoms with Gasteiger partial charge in [0.2, 0.25) is 17.7 Å². The second-order valence-electron chi connectivity index (χ2n) is 5.08. The number of aromatic nitrogens is 3. The Labute approximate surface area is 125 Å². The Morgan fingerprint density at radius 3 is 2.50 bits per heavy atom. The minimum absolute atomic E-state index is 0.0221. The van der Waals surface area contributed by atoms with Crippen LogP contribution in [0.1, 0.15) is 30.3 Å². The van der Waals surface area contributed by atoms with Crippen LogP contribution >= 0.6 is 0 Å². The average molecular weight is 309 g/mol. The molecule has 0 amide bonds. The van der Waals surface area contributed by atoms with Gasteiger partial charge in [-0.15, -0.1) is 0 Å². The highest BCUT2D eigenvalue weighted by Gasteiger charge is 2.37. The molecule has 1 saturated heterocycles. The van der Waals surface area contributed by atoms with E-state index in [4.69, 9.17) is 5.73 Å². The molecule has 1 aliphatic heterocycles. The predicted molar refractivity (Wildman–Crippen MR) is 75.0 cm³/mol. The first-order valence-corrected chi connectivity index (χ1v) is 6.85. The Balaban J connectivity index is 1.98. The maximum Gasteiger partial charge on any atom is 0.451 e. The van der Waals surface area contributed by atoms with Crippen LogP contribution in [0.5, 0.6) is 0 Å². The third-order valence-electron chi connectivity index (χ3n) is 3.59. The van der Waals surface area contributed by atoms with Crippen molar-refractivity contribution in [3.05, 3.63) is 41.7 Å². The van der Waals surface area contributed by atoms with Crippen molar-refractivity contribution in [2.24, 2.45) is 0 Å². The third-order valence-corrected chi connectivity index (χ3v) is 3.59. The van der Waals surface area contributed by atoms with E-state index in [-0.39, 0.29) is 12.0 Å². The fourth-order valence-corrected chi connectivity index (χ4v) is 2.66. The molecule has 0 bridgehead atoms. The molecule has 1 aromatic heterocycles. The molecule has 8 heteroatoms. The van der Waals surface area contributed by atoms with Gasteiger partial charge >= 0.3 is 6.18 Å². The Hall–Kier alpha value is -2.38. The number of hydrogen-bond acceptors (Lipinski definition) is 5. The highest BCUT2D eigenvalue weighted by Crippen LogP contribution is 2.35. The average Bonchev–Trinajstić information content (AvgIpc) is 2.96. The molecule has 0 aliphatic carbocycles. The molecular formula is C14H14F3N5. The van der Waals surface area contributed by atoms with Crippen molar-refractivity contribution in [1.82, 2.24) is 15.0 Å². The zero-order valence-corrected chi connectivity index (χ0v) is 11.6. The summed E-state index contributed by atoms with van der Waals surface area (Å²) >= 11 is 0. The Morgan fingerprint density at radius 2 is 1.82 bits per heavy atom. The minimum atomic E-state index is -4.65. The zero-order valence-electron chi connectivity index (χ0n) is 11.6. The summed E-state index contributed by atoms with van der Waals surface area (Å²) in [5.74, 6) is -1.70. The number of anilines is 2. The van der Waals surface area contributed by atoms with Crippen molar-refractivity contribution < 1.29 is 13.2 Å². The monoisotopic (exact) mass is 309 g/mol. The molecule has 5 nitrogen and oxygen atoms in total. The van der Waals surface area contributed by atoms with Gasteiger partial charge < -0.3 is 10.6 Å². The van der Waals surface area contributed by atoms with Gasteiger partial charge in [-0.05, 0) is 18.4 Å². The summed E-state index contributed by atoms with van der Waals surface area (Å²) in [7, 11) is 0. The van der Waals surface area contributed by atoms with Gasteiger partial charge in [-0.2, -0.15) is 28.1 Å². The smallest absolute Gasteiger partial charge is 0.368 e. The van der Waals surface area contributed by atoms with Gasteiger partial charge in [-0.1, -0.05) is 30.3 Å². The van der Waals surface area contributed by atoms with Crippen LogP contribution in [0, 0.1) is 0 Å².